The number of fused-ring (bicyclic) bond motifs is 1. The van der Waals surface area contributed by atoms with E-state index >= 15 is 0 Å². The summed E-state index contributed by atoms with van der Waals surface area (Å²) in [6.45, 7) is 11.7. The van der Waals surface area contributed by atoms with E-state index in [4.69, 9.17) is 4.42 Å². The summed E-state index contributed by atoms with van der Waals surface area (Å²) in [7, 11) is 4.17. The number of thioether (sulfide) groups is 1. The molecule has 0 aliphatic heterocycles. The fourth-order valence-corrected chi connectivity index (χ4v) is 5.20. The molecule has 0 unspecified atom stereocenters. The van der Waals surface area contributed by atoms with Gasteiger partial charge in [-0.3, -0.25) is 4.90 Å². The molecule has 0 spiro atoms. The van der Waals surface area contributed by atoms with Crippen molar-refractivity contribution in [2.24, 2.45) is 0 Å². The molecule has 0 aliphatic carbocycles. The first kappa shape index (κ1) is 24.5. The third-order valence-electron chi connectivity index (χ3n) is 5.98. The third-order valence-corrected chi connectivity index (χ3v) is 7.00. The van der Waals surface area contributed by atoms with Gasteiger partial charge < -0.3 is 8.98 Å². The van der Waals surface area contributed by atoms with Gasteiger partial charge in [0.1, 0.15) is 5.58 Å². The number of hydrogen-bond donors (Lipinski definition) is 0. The highest BCUT2D eigenvalue weighted by molar-refractivity contribution is 7.98. The number of unbranched alkanes of at least 4 members (excludes halogenated alkanes) is 1. The summed E-state index contributed by atoms with van der Waals surface area (Å²) >= 11 is 1.64. The van der Waals surface area contributed by atoms with Crippen LogP contribution >= 0.6 is 11.8 Å². The molecule has 0 N–H and O–H groups in total. The highest BCUT2D eigenvalue weighted by atomic mass is 32.2. The van der Waals surface area contributed by atoms with Crippen LogP contribution in [0, 0.1) is 6.92 Å². The van der Waals surface area contributed by atoms with Gasteiger partial charge in [0, 0.05) is 23.8 Å². The zero-order valence-corrected chi connectivity index (χ0v) is 21.3. The van der Waals surface area contributed by atoms with Crippen LogP contribution in [0.1, 0.15) is 81.4 Å². The van der Waals surface area contributed by atoms with Gasteiger partial charge in [0.2, 0.25) is 0 Å². The van der Waals surface area contributed by atoms with Crippen LogP contribution in [0.3, 0.4) is 0 Å². The Morgan fingerprint density at radius 2 is 1.91 bits per heavy atom. The summed E-state index contributed by atoms with van der Waals surface area (Å²) in [5.41, 5.74) is 3.76. The molecule has 0 amide bonds. The van der Waals surface area contributed by atoms with Gasteiger partial charge in [-0.05, 0) is 68.6 Å². The molecule has 2 aromatic heterocycles. The van der Waals surface area contributed by atoms with Crippen LogP contribution < -0.4 is 5.63 Å². The predicted octanol–water partition coefficient (Wildman–Crippen LogP) is 5.92. The minimum absolute atomic E-state index is 0.231. The zero-order valence-electron chi connectivity index (χ0n) is 20.4. The van der Waals surface area contributed by atoms with E-state index in [0.717, 1.165) is 53.3 Å². The van der Waals surface area contributed by atoms with Crippen molar-refractivity contribution in [2.75, 3.05) is 14.1 Å². The second-order valence-electron chi connectivity index (χ2n) is 8.97. The summed E-state index contributed by atoms with van der Waals surface area (Å²) in [5.74, 6) is 2.07. The SMILES string of the molecule is CCCCn1c(SCc2cc(=O)oc3cc(C)c(C(C)C)cc23)nnc1[C@@H](CC)N(C)C. The van der Waals surface area contributed by atoms with Gasteiger partial charge in [-0.1, -0.05) is 45.9 Å². The maximum Gasteiger partial charge on any atom is 0.336 e. The summed E-state index contributed by atoms with van der Waals surface area (Å²) in [6.07, 6.45) is 3.17. The minimum atomic E-state index is -0.309. The van der Waals surface area contributed by atoms with Crippen LogP contribution in [0.15, 0.2) is 32.6 Å². The Hall–Kier alpha value is -2.12. The monoisotopic (exact) mass is 456 g/mol. The van der Waals surface area contributed by atoms with E-state index in [1.54, 1.807) is 17.8 Å². The zero-order chi connectivity index (χ0) is 23.4. The second kappa shape index (κ2) is 10.7. The van der Waals surface area contributed by atoms with Crippen molar-refractivity contribution in [3.05, 3.63) is 51.1 Å². The topological polar surface area (TPSA) is 64.2 Å². The van der Waals surface area contributed by atoms with E-state index < -0.39 is 0 Å². The fourth-order valence-electron chi connectivity index (χ4n) is 4.23. The molecule has 7 heteroatoms. The maximum atomic E-state index is 12.2. The lowest BCUT2D eigenvalue weighted by atomic mass is 9.95. The van der Waals surface area contributed by atoms with E-state index in [1.807, 2.05) is 6.07 Å². The Labute approximate surface area is 195 Å². The van der Waals surface area contributed by atoms with E-state index in [1.165, 1.54) is 5.56 Å². The van der Waals surface area contributed by atoms with Gasteiger partial charge in [0.15, 0.2) is 11.0 Å². The molecule has 2 heterocycles. The first-order valence-electron chi connectivity index (χ1n) is 11.6. The number of benzene rings is 1. The highest BCUT2D eigenvalue weighted by Crippen LogP contribution is 2.31. The first-order valence-corrected chi connectivity index (χ1v) is 12.5. The molecule has 0 bridgehead atoms. The molecule has 32 heavy (non-hydrogen) atoms. The molecule has 0 saturated heterocycles. The van der Waals surface area contributed by atoms with Crippen molar-refractivity contribution in [1.29, 1.82) is 0 Å². The van der Waals surface area contributed by atoms with Gasteiger partial charge in [-0.25, -0.2) is 4.79 Å². The van der Waals surface area contributed by atoms with Crippen LogP contribution in [0.2, 0.25) is 0 Å². The van der Waals surface area contributed by atoms with Gasteiger partial charge in [-0.2, -0.15) is 0 Å². The molecule has 0 fully saturated rings. The fraction of sp³-hybridized carbons (Fsp3) is 0.560. The molecular formula is C25H36N4O2S. The summed E-state index contributed by atoms with van der Waals surface area (Å²) in [5, 5.41) is 11.0. The van der Waals surface area contributed by atoms with Gasteiger partial charge in [0.25, 0.3) is 0 Å². The van der Waals surface area contributed by atoms with E-state index in [9.17, 15) is 4.79 Å². The Morgan fingerprint density at radius 1 is 1.16 bits per heavy atom. The van der Waals surface area contributed by atoms with E-state index in [-0.39, 0.29) is 11.7 Å². The molecule has 0 radical (unpaired) electrons. The van der Waals surface area contributed by atoms with Crippen LogP contribution in [0.4, 0.5) is 0 Å². The molecule has 6 nitrogen and oxygen atoms in total. The third kappa shape index (κ3) is 5.26. The summed E-state index contributed by atoms with van der Waals surface area (Å²) in [6, 6.07) is 6.03. The number of rotatable bonds is 10. The Balaban J connectivity index is 1.98. The number of aromatic nitrogens is 3. The van der Waals surface area contributed by atoms with Crippen molar-refractivity contribution >= 4 is 22.7 Å². The molecule has 0 aliphatic rings. The highest BCUT2D eigenvalue weighted by Gasteiger charge is 2.22. The van der Waals surface area contributed by atoms with Crippen molar-refractivity contribution in [2.45, 2.75) is 83.3 Å². The molecule has 174 valence electrons. The second-order valence-corrected chi connectivity index (χ2v) is 9.92. The van der Waals surface area contributed by atoms with E-state index in [0.29, 0.717) is 17.3 Å². The lowest BCUT2D eigenvalue weighted by Gasteiger charge is -2.23. The summed E-state index contributed by atoms with van der Waals surface area (Å²) in [4.78, 5) is 14.4. The number of aryl methyl sites for hydroxylation is 1. The first-order chi connectivity index (χ1) is 15.3. The smallest absolute Gasteiger partial charge is 0.336 e. The molecule has 3 rings (SSSR count). The maximum absolute atomic E-state index is 12.2. The molecule has 3 aromatic rings. The summed E-state index contributed by atoms with van der Waals surface area (Å²) < 4.78 is 7.78. The normalized spacial score (nSPS) is 12.9. The van der Waals surface area contributed by atoms with E-state index in [2.05, 4.69) is 74.4 Å². The largest absolute Gasteiger partial charge is 0.423 e. The Kier molecular flexibility index (Phi) is 8.17. The molecule has 0 saturated carbocycles. The van der Waals surface area contributed by atoms with Crippen LogP contribution in [0.5, 0.6) is 0 Å². The van der Waals surface area contributed by atoms with Gasteiger partial charge in [-0.15, -0.1) is 10.2 Å². The molecular weight excluding hydrogens is 420 g/mol. The molecule has 1 aromatic carbocycles. The number of hydrogen-bond acceptors (Lipinski definition) is 6. The molecule has 1 atom stereocenters. The standard InChI is InChI=1S/C25H36N4O2S/c1-8-10-11-29-24(21(9-2)28(6)7)26-27-25(29)32-15-18-13-23(30)31-22-12-17(5)19(16(3)4)14-20(18)22/h12-14,16,21H,8-11,15H2,1-7H3/t21-/m1/s1. The predicted molar refractivity (Wildman–Crippen MR) is 133 cm³/mol. The average Bonchev–Trinajstić information content (AvgIpc) is 3.12. The Bertz CT molecular complexity index is 1120. The lowest BCUT2D eigenvalue weighted by molar-refractivity contribution is 0.270. The Morgan fingerprint density at radius 3 is 2.53 bits per heavy atom. The van der Waals surface area contributed by atoms with Crippen molar-refractivity contribution in [3.63, 3.8) is 0 Å². The van der Waals surface area contributed by atoms with Gasteiger partial charge in [0.05, 0.1) is 6.04 Å². The van der Waals surface area contributed by atoms with Crippen LogP contribution in [-0.2, 0) is 12.3 Å². The van der Waals surface area contributed by atoms with Gasteiger partial charge >= 0.3 is 5.63 Å². The minimum Gasteiger partial charge on any atom is -0.423 e. The van der Waals surface area contributed by atoms with Crippen molar-refractivity contribution in [1.82, 2.24) is 19.7 Å². The van der Waals surface area contributed by atoms with Crippen LogP contribution in [-0.4, -0.2) is 33.8 Å². The van der Waals surface area contributed by atoms with Crippen LogP contribution in [0.25, 0.3) is 11.0 Å². The van der Waals surface area contributed by atoms with Crippen molar-refractivity contribution in [3.8, 4) is 0 Å². The lowest BCUT2D eigenvalue weighted by Crippen LogP contribution is -2.23. The average molecular weight is 457 g/mol. The quantitative estimate of drug-likeness (QED) is 0.279. The number of nitrogens with zero attached hydrogens (tertiary/aromatic N) is 4. The van der Waals surface area contributed by atoms with Crippen molar-refractivity contribution < 1.29 is 4.42 Å².